The van der Waals surface area contributed by atoms with Crippen molar-refractivity contribution in [3.8, 4) is 0 Å². The average molecular weight is 538 g/mol. The molecule has 36 heavy (non-hydrogen) atoms. The van der Waals surface area contributed by atoms with Crippen LogP contribution in [0.25, 0.3) is 0 Å². The second kappa shape index (κ2) is 18.9. The van der Waals surface area contributed by atoms with Gasteiger partial charge in [0.05, 0.1) is 60.9 Å². The van der Waals surface area contributed by atoms with Crippen LogP contribution in [0.15, 0.2) is 0 Å². The van der Waals surface area contributed by atoms with E-state index in [2.05, 4.69) is 10.6 Å². The van der Waals surface area contributed by atoms with Crippen LogP contribution in [-0.2, 0) is 33.2 Å². The van der Waals surface area contributed by atoms with Crippen molar-refractivity contribution >= 4 is 20.1 Å². The predicted octanol–water partition coefficient (Wildman–Crippen LogP) is 1.70. The molecule has 0 saturated carbocycles. The van der Waals surface area contributed by atoms with Gasteiger partial charge in [-0.3, -0.25) is 0 Å². The normalized spacial score (nSPS) is 13.8. The molecule has 0 saturated heterocycles. The molecule has 0 aliphatic heterocycles. The summed E-state index contributed by atoms with van der Waals surface area (Å²) >= 11 is 0. The van der Waals surface area contributed by atoms with Crippen LogP contribution in [0.1, 0.15) is 34.1 Å². The molecule has 11 nitrogen and oxygen atoms in total. The van der Waals surface area contributed by atoms with Crippen LogP contribution in [0.2, 0.25) is 19.6 Å². The first-order valence-electron chi connectivity index (χ1n) is 12.8. The number of hydrogen-bond acceptors (Lipinski definition) is 10. The third-order valence-corrected chi connectivity index (χ3v) is 8.10. The maximum Gasteiger partial charge on any atom is 0.408 e. The van der Waals surface area contributed by atoms with Crippen LogP contribution in [0, 0.1) is 0 Å². The zero-order valence-corrected chi connectivity index (χ0v) is 24.5. The Morgan fingerprint density at radius 3 is 1.78 bits per heavy atom. The molecule has 0 rings (SSSR count). The van der Waals surface area contributed by atoms with Gasteiger partial charge in [0, 0.05) is 19.7 Å². The van der Waals surface area contributed by atoms with E-state index in [1.165, 1.54) is 0 Å². The van der Waals surface area contributed by atoms with Gasteiger partial charge >= 0.3 is 12.1 Å². The molecular weight excluding hydrogens is 486 g/mol. The number of hydrogen-bond donors (Lipinski definition) is 3. The maximum atomic E-state index is 13.0. The Hall–Kier alpha value is -1.28. The van der Waals surface area contributed by atoms with Crippen molar-refractivity contribution in [1.82, 2.24) is 10.6 Å². The number of rotatable bonds is 21. The van der Waals surface area contributed by atoms with Crippen LogP contribution in [0.3, 0.4) is 0 Å². The number of alkyl carbamates (subject to hydrolysis) is 1. The largest absolute Gasteiger partial charge is 0.464 e. The summed E-state index contributed by atoms with van der Waals surface area (Å²) in [6, 6.07) is 0. The lowest BCUT2D eigenvalue weighted by molar-refractivity contribution is -0.147. The van der Waals surface area contributed by atoms with E-state index in [-0.39, 0.29) is 13.2 Å². The van der Waals surface area contributed by atoms with Gasteiger partial charge < -0.3 is 44.8 Å². The van der Waals surface area contributed by atoms with Crippen molar-refractivity contribution in [2.75, 3.05) is 79.1 Å². The Morgan fingerprint density at radius 2 is 1.33 bits per heavy atom. The zero-order valence-electron chi connectivity index (χ0n) is 23.5. The predicted molar refractivity (Wildman–Crippen MR) is 142 cm³/mol. The first-order chi connectivity index (χ1) is 16.9. The minimum absolute atomic E-state index is 0.228. The number of carbonyl (C=O) groups is 2. The summed E-state index contributed by atoms with van der Waals surface area (Å²) in [5.41, 5.74) is 4.66. The molecule has 0 bridgehead atoms. The molecule has 214 valence electrons. The minimum Gasteiger partial charge on any atom is -0.464 e. The molecule has 0 aromatic heterocycles. The Morgan fingerprint density at radius 1 is 0.833 bits per heavy atom. The number of ether oxygens (including phenoxy) is 6. The second-order valence-electron chi connectivity index (χ2n) is 10.3. The van der Waals surface area contributed by atoms with Gasteiger partial charge in [0.15, 0.2) is 0 Å². The molecule has 0 aliphatic rings. The molecule has 0 spiro atoms. The number of esters is 1. The van der Waals surface area contributed by atoms with Crippen LogP contribution < -0.4 is 16.4 Å². The van der Waals surface area contributed by atoms with Gasteiger partial charge in [0.2, 0.25) is 0 Å². The molecule has 0 unspecified atom stereocenters. The Kier molecular flexibility index (Phi) is 18.2. The number of nitrogens with one attached hydrogen (secondary N) is 2. The summed E-state index contributed by atoms with van der Waals surface area (Å²) in [6.07, 6.45) is 0.108. The maximum absolute atomic E-state index is 13.0. The van der Waals surface area contributed by atoms with Crippen LogP contribution in [0.5, 0.6) is 0 Å². The van der Waals surface area contributed by atoms with Crippen molar-refractivity contribution < 1.29 is 38.0 Å². The minimum atomic E-state index is -2.30. The van der Waals surface area contributed by atoms with Gasteiger partial charge in [0.25, 0.3) is 0 Å². The number of nitrogens with two attached hydrogens (primary N) is 1. The SMILES string of the molecule is CCOC(=O)[C@@](CNCCCOCCOCCOCCOCCN)(NC(=O)OC(C)(C)C)[Si](C)(C)C. The highest BCUT2D eigenvalue weighted by atomic mass is 28.3. The first-order valence-corrected chi connectivity index (χ1v) is 16.3. The summed E-state index contributed by atoms with van der Waals surface area (Å²) < 4.78 is 32.5. The van der Waals surface area contributed by atoms with Crippen molar-refractivity contribution in [3.63, 3.8) is 0 Å². The lowest BCUT2D eigenvalue weighted by Gasteiger charge is -2.42. The lowest BCUT2D eigenvalue weighted by Crippen LogP contribution is -2.73. The van der Waals surface area contributed by atoms with E-state index in [0.29, 0.717) is 65.9 Å². The van der Waals surface area contributed by atoms with Crippen molar-refractivity contribution in [1.29, 1.82) is 0 Å². The summed E-state index contributed by atoms with van der Waals surface area (Å²) in [4.78, 5) is 25.7. The quantitative estimate of drug-likeness (QED) is 0.113. The van der Waals surface area contributed by atoms with Gasteiger partial charge in [-0.1, -0.05) is 19.6 Å². The van der Waals surface area contributed by atoms with E-state index in [1.54, 1.807) is 27.7 Å². The van der Waals surface area contributed by atoms with Gasteiger partial charge in [-0.2, -0.15) is 0 Å². The second-order valence-corrected chi connectivity index (χ2v) is 15.6. The van der Waals surface area contributed by atoms with E-state index in [0.717, 1.165) is 6.42 Å². The summed E-state index contributed by atoms with van der Waals surface area (Å²) in [6.45, 7) is 18.9. The highest BCUT2D eigenvalue weighted by molar-refractivity contribution is 6.82. The number of amides is 1. The fourth-order valence-electron chi connectivity index (χ4n) is 3.08. The summed E-state index contributed by atoms with van der Waals surface area (Å²) in [5, 5.41) is 4.99. The smallest absolute Gasteiger partial charge is 0.408 e. The number of carbonyl (C=O) groups excluding carboxylic acids is 2. The van der Waals surface area contributed by atoms with Gasteiger partial charge in [-0.05, 0) is 40.7 Å². The monoisotopic (exact) mass is 537 g/mol. The Labute approximate surface area is 218 Å². The Balaban J connectivity index is 4.35. The molecule has 1 atom stereocenters. The van der Waals surface area contributed by atoms with Crippen LogP contribution in [-0.4, -0.2) is 110 Å². The Bertz CT molecular complexity index is 599. The first kappa shape index (κ1) is 34.7. The molecule has 0 aromatic carbocycles. The van der Waals surface area contributed by atoms with E-state index < -0.39 is 30.9 Å². The highest BCUT2D eigenvalue weighted by Crippen LogP contribution is 2.23. The van der Waals surface area contributed by atoms with Gasteiger partial charge in [0.1, 0.15) is 10.8 Å². The molecule has 0 heterocycles. The molecule has 0 radical (unpaired) electrons. The molecule has 0 aliphatic carbocycles. The molecule has 0 fully saturated rings. The van der Waals surface area contributed by atoms with E-state index in [9.17, 15) is 9.59 Å². The zero-order chi connectivity index (χ0) is 27.5. The van der Waals surface area contributed by atoms with Crippen LogP contribution in [0.4, 0.5) is 4.79 Å². The third-order valence-electron chi connectivity index (χ3n) is 5.03. The van der Waals surface area contributed by atoms with E-state index in [4.69, 9.17) is 34.2 Å². The standard InChI is InChI=1S/C24H51N3O8Si/c1-8-34-21(28)24(36(5,6)7,27-22(29)35-23(2,3)4)20-26-11-9-12-30-14-16-32-18-19-33-17-15-31-13-10-25/h26H,8-20,25H2,1-7H3,(H,27,29)/t24-/m0/s1. The summed E-state index contributed by atoms with van der Waals surface area (Å²) in [5.74, 6) is -0.442. The average Bonchev–Trinajstić information content (AvgIpc) is 2.76. The van der Waals surface area contributed by atoms with Gasteiger partial charge in [-0.25, -0.2) is 9.59 Å². The van der Waals surface area contributed by atoms with Crippen molar-refractivity contribution in [2.24, 2.45) is 5.73 Å². The fraction of sp³-hybridized carbons (Fsp3) is 0.917. The van der Waals surface area contributed by atoms with Crippen molar-refractivity contribution in [3.05, 3.63) is 0 Å². The van der Waals surface area contributed by atoms with Gasteiger partial charge in [-0.15, -0.1) is 0 Å². The van der Waals surface area contributed by atoms with Crippen LogP contribution >= 0.6 is 0 Å². The molecule has 1 amide bonds. The third kappa shape index (κ3) is 15.7. The van der Waals surface area contributed by atoms with E-state index >= 15 is 0 Å². The topological polar surface area (TPSA) is 140 Å². The molecule has 4 N–H and O–H groups in total. The fourth-order valence-corrected chi connectivity index (χ4v) is 4.90. The van der Waals surface area contributed by atoms with E-state index in [1.807, 2.05) is 19.6 Å². The molecular formula is C24H51N3O8Si. The molecule has 12 heteroatoms. The summed E-state index contributed by atoms with van der Waals surface area (Å²) in [7, 11) is -2.30. The lowest BCUT2D eigenvalue weighted by atomic mass is 10.2. The molecule has 0 aromatic rings. The highest BCUT2D eigenvalue weighted by Gasteiger charge is 2.52. The van der Waals surface area contributed by atoms with Crippen molar-refractivity contribution in [2.45, 2.75) is 64.5 Å².